The Labute approximate surface area is 144 Å². The van der Waals surface area contributed by atoms with Crippen molar-refractivity contribution in [2.45, 2.75) is 0 Å². The maximum Gasteiger partial charge on any atom is 0.262 e. The van der Waals surface area contributed by atoms with E-state index < -0.39 is 0 Å². The summed E-state index contributed by atoms with van der Waals surface area (Å²) in [6.45, 7) is 0.607. The first-order valence-corrected chi connectivity index (χ1v) is 7.73. The van der Waals surface area contributed by atoms with Crippen LogP contribution in [0.2, 0.25) is 0 Å². The lowest BCUT2D eigenvalue weighted by molar-refractivity contribution is -0.118. The second kappa shape index (κ2) is 7.21. The minimum Gasteiger partial charge on any atom is -0.492 e. The molecule has 6 nitrogen and oxygen atoms in total. The van der Waals surface area contributed by atoms with E-state index in [-0.39, 0.29) is 30.8 Å². The molecule has 7 heteroatoms. The third kappa shape index (κ3) is 4.06. The number of benzene rings is 2. The Bertz CT molecular complexity index is 792. The van der Waals surface area contributed by atoms with E-state index in [1.165, 1.54) is 29.2 Å². The van der Waals surface area contributed by atoms with Crippen LogP contribution in [-0.4, -0.2) is 43.5 Å². The molecule has 1 heterocycles. The van der Waals surface area contributed by atoms with Gasteiger partial charge < -0.3 is 19.7 Å². The van der Waals surface area contributed by atoms with Gasteiger partial charge >= 0.3 is 0 Å². The first-order chi connectivity index (χ1) is 12.0. The van der Waals surface area contributed by atoms with Crippen LogP contribution in [0.1, 0.15) is 10.4 Å². The Balaban J connectivity index is 1.57. The molecule has 0 fully saturated rings. The quantitative estimate of drug-likeness (QED) is 0.904. The van der Waals surface area contributed by atoms with E-state index >= 15 is 0 Å². The zero-order valence-corrected chi connectivity index (χ0v) is 13.6. The van der Waals surface area contributed by atoms with Gasteiger partial charge in [0.25, 0.3) is 11.8 Å². The molecule has 0 aromatic heterocycles. The predicted octanol–water partition coefficient (Wildman–Crippen LogP) is 2.31. The Kier molecular flexibility index (Phi) is 4.83. The molecule has 0 unspecified atom stereocenters. The highest BCUT2D eigenvalue weighted by Gasteiger charge is 2.19. The van der Waals surface area contributed by atoms with Gasteiger partial charge in [0.05, 0.1) is 12.2 Å². The summed E-state index contributed by atoms with van der Waals surface area (Å²) in [6, 6.07) is 10.6. The molecular weight excluding hydrogens is 327 g/mol. The third-order valence-electron chi connectivity index (χ3n) is 3.72. The van der Waals surface area contributed by atoms with E-state index in [0.717, 1.165) is 0 Å². The summed E-state index contributed by atoms with van der Waals surface area (Å²) in [6.07, 6.45) is 0. The van der Waals surface area contributed by atoms with Gasteiger partial charge in [-0.25, -0.2) is 4.39 Å². The molecule has 25 heavy (non-hydrogen) atoms. The molecule has 0 atom stereocenters. The highest BCUT2D eigenvalue weighted by atomic mass is 19.1. The van der Waals surface area contributed by atoms with Crippen molar-refractivity contribution in [2.24, 2.45) is 0 Å². The van der Waals surface area contributed by atoms with Crippen LogP contribution in [0.3, 0.4) is 0 Å². The van der Waals surface area contributed by atoms with Gasteiger partial charge in [0, 0.05) is 12.6 Å². The molecule has 1 N–H and O–H groups in total. The lowest BCUT2D eigenvalue weighted by Gasteiger charge is -2.21. The summed E-state index contributed by atoms with van der Waals surface area (Å²) in [7, 11) is 1.66. The second-order valence-electron chi connectivity index (χ2n) is 5.58. The summed E-state index contributed by atoms with van der Waals surface area (Å²) in [5, 5.41) is 2.67. The monoisotopic (exact) mass is 344 g/mol. The maximum atomic E-state index is 12.8. The van der Waals surface area contributed by atoms with Gasteiger partial charge in [0.15, 0.2) is 6.61 Å². The smallest absolute Gasteiger partial charge is 0.262 e. The Morgan fingerprint density at radius 2 is 2.04 bits per heavy atom. The van der Waals surface area contributed by atoms with Gasteiger partial charge in [-0.3, -0.25) is 9.59 Å². The molecular formula is C18H17FN2O4. The maximum absolute atomic E-state index is 12.8. The summed E-state index contributed by atoms with van der Waals surface area (Å²) in [5.74, 6) is 0.293. The van der Waals surface area contributed by atoms with E-state index in [4.69, 9.17) is 9.47 Å². The van der Waals surface area contributed by atoms with Crippen molar-refractivity contribution in [1.29, 1.82) is 0 Å². The van der Waals surface area contributed by atoms with Gasteiger partial charge in [-0.2, -0.15) is 0 Å². The van der Waals surface area contributed by atoms with Crippen molar-refractivity contribution < 1.29 is 23.5 Å². The number of hydrogen-bond donors (Lipinski definition) is 1. The Hall–Kier alpha value is -3.09. The first kappa shape index (κ1) is 16.8. The van der Waals surface area contributed by atoms with Crippen LogP contribution in [0.25, 0.3) is 0 Å². The van der Waals surface area contributed by atoms with Crippen molar-refractivity contribution in [1.82, 2.24) is 4.90 Å². The van der Waals surface area contributed by atoms with Crippen molar-refractivity contribution in [3.05, 3.63) is 53.8 Å². The molecule has 0 saturated carbocycles. The molecule has 1 aliphatic rings. The third-order valence-corrected chi connectivity index (χ3v) is 3.72. The van der Waals surface area contributed by atoms with Gasteiger partial charge in [-0.05, 0) is 42.5 Å². The molecule has 2 amide bonds. The second-order valence-corrected chi connectivity index (χ2v) is 5.58. The number of rotatable bonds is 5. The summed E-state index contributed by atoms with van der Waals surface area (Å²) < 4.78 is 23.6. The number of nitrogens with zero attached hydrogens (tertiary/aromatic N) is 1. The average molecular weight is 344 g/mol. The van der Waals surface area contributed by atoms with Gasteiger partial charge in [-0.1, -0.05) is 0 Å². The highest BCUT2D eigenvalue weighted by molar-refractivity contribution is 5.99. The number of amides is 2. The van der Waals surface area contributed by atoms with E-state index in [0.29, 0.717) is 29.3 Å². The van der Waals surface area contributed by atoms with Crippen molar-refractivity contribution >= 4 is 17.5 Å². The van der Waals surface area contributed by atoms with Crippen molar-refractivity contribution in [3.8, 4) is 11.5 Å². The number of fused-ring (bicyclic) bond motifs is 1. The standard InChI is InChI=1S/C18H17FN2O4/c1-21(8-9-24-14-5-3-13(19)4-6-14)18(23)12-2-7-16-15(10-12)20-17(22)11-25-16/h2-7,10H,8-9,11H2,1H3,(H,20,22). The Morgan fingerprint density at radius 3 is 2.80 bits per heavy atom. The van der Waals surface area contributed by atoms with Crippen molar-refractivity contribution in [2.75, 3.05) is 32.1 Å². The topological polar surface area (TPSA) is 67.9 Å². The Morgan fingerprint density at radius 1 is 1.28 bits per heavy atom. The molecule has 3 rings (SSSR count). The normalized spacial score (nSPS) is 12.6. The fraction of sp³-hybridized carbons (Fsp3) is 0.222. The van der Waals surface area contributed by atoms with Crippen LogP contribution in [0.15, 0.2) is 42.5 Å². The molecule has 0 aliphatic carbocycles. The summed E-state index contributed by atoms with van der Waals surface area (Å²) in [5.41, 5.74) is 0.923. The largest absolute Gasteiger partial charge is 0.492 e. The number of carbonyl (C=O) groups is 2. The fourth-order valence-electron chi connectivity index (χ4n) is 2.37. The lowest BCUT2D eigenvalue weighted by Crippen LogP contribution is -2.31. The van der Waals surface area contributed by atoms with E-state index in [1.807, 2.05) is 0 Å². The zero-order chi connectivity index (χ0) is 17.8. The number of carbonyl (C=O) groups excluding carboxylic acids is 2. The minimum atomic E-state index is -0.330. The number of halogens is 1. The van der Waals surface area contributed by atoms with Crippen molar-refractivity contribution in [3.63, 3.8) is 0 Å². The molecule has 0 spiro atoms. The molecule has 1 aliphatic heterocycles. The zero-order valence-electron chi connectivity index (χ0n) is 13.6. The number of nitrogens with one attached hydrogen (secondary N) is 1. The average Bonchev–Trinajstić information content (AvgIpc) is 2.62. The van der Waals surface area contributed by atoms with Crippen LogP contribution in [0.4, 0.5) is 10.1 Å². The fourth-order valence-corrected chi connectivity index (χ4v) is 2.37. The van der Waals surface area contributed by atoms with Gasteiger partial charge in [0.1, 0.15) is 23.9 Å². The summed E-state index contributed by atoms with van der Waals surface area (Å²) in [4.78, 5) is 25.3. The lowest BCUT2D eigenvalue weighted by atomic mass is 10.1. The molecule has 2 aromatic carbocycles. The molecule has 130 valence electrons. The minimum absolute atomic E-state index is 0.0269. The van der Waals surface area contributed by atoms with E-state index in [2.05, 4.69) is 5.32 Å². The SMILES string of the molecule is CN(CCOc1ccc(F)cc1)C(=O)c1ccc2c(c1)NC(=O)CO2. The van der Waals surface area contributed by atoms with Crippen LogP contribution in [-0.2, 0) is 4.79 Å². The molecule has 0 radical (unpaired) electrons. The molecule has 2 aromatic rings. The number of likely N-dealkylation sites (N-methyl/N-ethyl adjacent to an activating group) is 1. The van der Waals surface area contributed by atoms with Crippen LogP contribution in [0.5, 0.6) is 11.5 Å². The van der Waals surface area contributed by atoms with Crippen LogP contribution >= 0.6 is 0 Å². The number of hydrogen-bond acceptors (Lipinski definition) is 4. The van der Waals surface area contributed by atoms with Crippen LogP contribution < -0.4 is 14.8 Å². The van der Waals surface area contributed by atoms with Gasteiger partial charge in [-0.15, -0.1) is 0 Å². The van der Waals surface area contributed by atoms with E-state index in [9.17, 15) is 14.0 Å². The number of anilines is 1. The number of ether oxygens (including phenoxy) is 2. The van der Waals surface area contributed by atoms with Crippen LogP contribution in [0, 0.1) is 5.82 Å². The molecule has 0 saturated heterocycles. The summed E-state index contributed by atoms with van der Waals surface area (Å²) >= 11 is 0. The molecule has 0 bridgehead atoms. The highest BCUT2D eigenvalue weighted by Crippen LogP contribution is 2.28. The predicted molar refractivity (Wildman–Crippen MR) is 89.4 cm³/mol. The van der Waals surface area contributed by atoms with E-state index in [1.54, 1.807) is 25.2 Å². The van der Waals surface area contributed by atoms with Gasteiger partial charge in [0.2, 0.25) is 0 Å². The first-order valence-electron chi connectivity index (χ1n) is 7.73.